The predicted octanol–water partition coefficient (Wildman–Crippen LogP) is 2.18. The highest BCUT2D eigenvalue weighted by Crippen LogP contribution is 2.34. The van der Waals surface area contributed by atoms with Gasteiger partial charge in [-0.15, -0.1) is 0 Å². The average Bonchev–Trinajstić information content (AvgIpc) is 3.31. The van der Waals surface area contributed by atoms with E-state index in [0.717, 1.165) is 12.8 Å². The lowest BCUT2D eigenvalue weighted by atomic mass is 9.96. The normalized spacial score (nSPS) is 23.3. The Hall–Kier alpha value is -2.08. The molecule has 1 heterocycles. The van der Waals surface area contributed by atoms with E-state index in [2.05, 4.69) is 0 Å². The van der Waals surface area contributed by atoms with Gasteiger partial charge in [-0.2, -0.15) is 0 Å². The summed E-state index contributed by atoms with van der Waals surface area (Å²) in [4.78, 5) is 26.3. The molecule has 6 heteroatoms. The van der Waals surface area contributed by atoms with Crippen LogP contribution < -0.4 is 4.74 Å². The molecule has 6 nitrogen and oxygen atoms in total. The van der Waals surface area contributed by atoms with Crippen LogP contribution in [0, 0.1) is 5.92 Å². The second-order valence-electron chi connectivity index (χ2n) is 6.58. The Kier molecular flexibility index (Phi) is 4.76. The lowest BCUT2D eigenvalue weighted by Crippen LogP contribution is -2.56. The summed E-state index contributed by atoms with van der Waals surface area (Å²) < 4.78 is 10.9. The number of likely N-dealkylation sites (tertiary alicyclic amines) is 1. The zero-order chi connectivity index (χ0) is 17.2. The molecule has 0 radical (unpaired) electrons. The Bertz CT molecular complexity index is 628. The first kappa shape index (κ1) is 16.8. The first-order valence-corrected chi connectivity index (χ1v) is 8.34. The van der Waals surface area contributed by atoms with Crippen molar-refractivity contribution >= 4 is 11.9 Å². The van der Waals surface area contributed by atoms with Crippen molar-refractivity contribution in [1.29, 1.82) is 0 Å². The number of carboxylic acid groups (broad SMARTS) is 1. The van der Waals surface area contributed by atoms with E-state index in [-0.39, 0.29) is 12.5 Å². The van der Waals surface area contributed by atoms with Crippen LogP contribution in [0.4, 0.5) is 0 Å². The van der Waals surface area contributed by atoms with E-state index in [1.54, 1.807) is 18.2 Å². The lowest BCUT2D eigenvalue weighted by molar-refractivity contribution is -0.151. The summed E-state index contributed by atoms with van der Waals surface area (Å²) in [6.07, 6.45) is 3.37. The molecule has 1 aliphatic carbocycles. The molecule has 2 fully saturated rings. The highest BCUT2D eigenvalue weighted by Gasteiger charge is 2.50. The standard InChI is InChI=1S/C18H23NO5/c1-23-12-18(17(21)22)9-4-10-19(18)16(20)14-5-2-3-6-15(14)24-11-13-7-8-13/h2-3,5-6,13H,4,7-12H2,1H3,(H,21,22). The van der Waals surface area contributed by atoms with Crippen molar-refractivity contribution in [2.75, 3.05) is 26.9 Å². The Labute approximate surface area is 141 Å². The summed E-state index contributed by atoms with van der Waals surface area (Å²) in [7, 11) is 1.46. The van der Waals surface area contributed by atoms with Crippen LogP contribution in [0.25, 0.3) is 0 Å². The molecule has 1 saturated heterocycles. The number of para-hydroxylation sites is 1. The third-order valence-corrected chi connectivity index (χ3v) is 4.80. The topological polar surface area (TPSA) is 76.1 Å². The average molecular weight is 333 g/mol. The maximum absolute atomic E-state index is 13.1. The second kappa shape index (κ2) is 6.81. The monoisotopic (exact) mass is 333 g/mol. The molecule has 1 aromatic carbocycles. The molecule has 1 N–H and O–H groups in total. The van der Waals surface area contributed by atoms with Gasteiger partial charge in [-0.1, -0.05) is 12.1 Å². The van der Waals surface area contributed by atoms with E-state index in [0.29, 0.717) is 43.2 Å². The molecule has 0 bridgehead atoms. The van der Waals surface area contributed by atoms with Crippen LogP contribution in [0.15, 0.2) is 24.3 Å². The van der Waals surface area contributed by atoms with Gasteiger partial charge in [0.05, 0.1) is 18.8 Å². The predicted molar refractivity (Wildman–Crippen MR) is 87.2 cm³/mol. The van der Waals surface area contributed by atoms with Crippen LogP contribution in [0.3, 0.4) is 0 Å². The molecule has 24 heavy (non-hydrogen) atoms. The third kappa shape index (κ3) is 3.11. The molecule has 0 spiro atoms. The van der Waals surface area contributed by atoms with E-state index in [1.807, 2.05) is 6.07 Å². The second-order valence-corrected chi connectivity index (χ2v) is 6.58. The summed E-state index contributed by atoms with van der Waals surface area (Å²) in [6, 6.07) is 7.06. The smallest absolute Gasteiger partial charge is 0.332 e. The van der Waals surface area contributed by atoms with Gasteiger partial charge in [0.15, 0.2) is 5.54 Å². The summed E-state index contributed by atoms with van der Waals surface area (Å²) in [5.41, 5.74) is -0.878. The number of hydrogen-bond acceptors (Lipinski definition) is 4. The van der Waals surface area contributed by atoms with E-state index in [4.69, 9.17) is 9.47 Å². The maximum atomic E-state index is 13.1. The number of hydrogen-bond donors (Lipinski definition) is 1. The van der Waals surface area contributed by atoms with Crippen LogP contribution in [-0.2, 0) is 9.53 Å². The molecule has 1 amide bonds. The van der Waals surface area contributed by atoms with E-state index in [9.17, 15) is 14.7 Å². The number of carbonyl (C=O) groups excluding carboxylic acids is 1. The highest BCUT2D eigenvalue weighted by atomic mass is 16.5. The number of nitrogens with zero attached hydrogens (tertiary/aromatic N) is 1. The zero-order valence-corrected chi connectivity index (χ0v) is 13.9. The molecule has 1 unspecified atom stereocenters. The van der Waals surface area contributed by atoms with Crippen molar-refractivity contribution in [3.8, 4) is 5.75 Å². The van der Waals surface area contributed by atoms with Crippen molar-refractivity contribution in [3.05, 3.63) is 29.8 Å². The van der Waals surface area contributed by atoms with Crippen LogP contribution in [0.1, 0.15) is 36.0 Å². The zero-order valence-electron chi connectivity index (χ0n) is 13.9. The largest absolute Gasteiger partial charge is 0.492 e. The molecule has 0 aromatic heterocycles. The number of rotatable bonds is 7. The fourth-order valence-electron chi connectivity index (χ4n) is 3.25. The molecule has 1 aliphatic heterocycles. The fraction of sp³-hybridized carbons (Fsp3) is 0.556. The van der Waals surface area contributed by atoms with Crippen LogP contribution in [0.2, 0.25) is 0 Å². The van der Waals surface area contributed by atoms with Gasteiger partial charge >= 0.3 is 5.97 Å². The molecule has 1 atom stereocenters. The van der Waals surface area contributed by atoms with Gasteiger partial charge < -0.3 is 19.5 Å². The van der Waals surface area contributed by atoms with E-state index < -0.39 is 11.5 Å². The summed E-state index contributed by atoms with van der Waals surface area (Å²) in [6.45, 7) is 0.997. The van der Waals surface area contributed by atoms with Gasteiger partial charge in [0.25, 0.3) is 5.91 Å². The fourth-order valence-corrected chi connectivity index (χ4v) is 3.25. The number of benzene rings is 1. The summed E-state index contributed by atoms with van der Waals surface area (Å²) in [5, 5.41) is 9.71. The minimum absolute atomic E-state index is 0.0147. The summed E-state index contributed by atoms with van der Waals surface area (Å²) in [5.74, 6) is -0.227. The SMILES string of the molecule is COCC1(C(=O)O)CCCN1C(=O)c1ccccc1OCC1CC1. The quantitative estimate of drug-likeness (QED) is 0.828. The van der Waals surface area contributed by atoms with Crippen molar-refractivity contribution in [2.45, 2.75) is 31.2 Å². The molecular formula is C18H23NO5. The van der Waals surface area contributed by atoms with Gasteiger partial charge in [0.1, 0.15) is 5.75 Å². The van der Waals surface area contributed by atoms with Crippen LogP contribution in [-0.4, -0.2) is 54.3 Å². The van der Waals surface area contributed by atoms with Crippen LogP contribution in [0.5, 0.6) is 5.75 Å². The van der Waals surface area contributed by atoms with Crippen molar-refractivity contribution < 1.29 is 24.2 Å². The third-order valence-electron chi connectivity index (χ3n) is 4.80. The van der Waals surface area contributed by atoms with Crippen LogP contribution >= 0.6 is 0 Å². The van der Waals surface area contributed by atoms with E-state index in [1.165, 1.54) is 12.0 Å². The van der Waals surface area contributed by atoms with Crippen molar-refractivity contribution in [1.82, 2.24) is 4.90 Å². The Morgan fingerprint density at radius 3 is 2.75 bits per heavy atom. The van der Waals surface area contributed by atoms with Crippen molar-refractivity contribution in [3.63, 3.8) is 0 Å². The molecule has 2 aliphatic rings. The Balaban J connectivity index is 1.86. The number of amides is 1. The van der Waals surface area contributed by atoms with Gasteiger partial charge in [0.2, 0.25) is 0 Å². The first-order valence-electron chi connectivity index (χ1n) is 8.34. The number of aliphatic carboxylic acids is 1. The van der Waals surface area contributed by atoms with Gasteiger partial charge in [-0.25, -0.2) is 4.79 Å². The van der Waals surface area contributed by atoms with Gasteiger partial charge in [-0.05, 0) is 43.7 Å². The number of methoxy groups -OCH3 is 1. The first-order chi connectivity index (χ1) is 11.6. The maximum Gasteiger partial charge on any atom is 0.332 e. The van der Waals surface area contributed by atoms with E-state index >= 15 is 0 Å². The molecule has 3 rings (SSSR count). The summed E-state index contributed by atoms with van der Waals surface area (Å²) >= 11 is 0. The van der Waals surface area contributed by atoms with Gasteiger partial charge in [-0.3, -0.25) is 4.79 Å². The number of ether oxygens (including phenoxy) is 2. The molecule has 130 valence electrons. The lowest BCUT2D eigenvalue weighted by Gasteiger charge is -2.34. The minimum atomic E-state index is -1.30. The van der Waals surface area contributed by atoms with Crippen molar-refractivity contribution in [2.24, 2.45) is 5.92 Å². The molecule has 1 aromatic rings. The molecular weight excluding hydrogens is 310 g/mol. The highest BCUT2D eigenvalue weighted by molar-refractivity contribution is 6.00. The van der Waals surface area contributed by atoms with Gasteiger partial charge in [0, 0.05) is 13.7 Å². The Morgan fingerprint density at radius 1 is 1.33 bits per heavy atom. The Morgan fingerprint density at radius 2 is 2.08 bits per heavy atom. The molecule has 1 saturated carbocycles. The number of carboxylic acids is 1. The minimum Gasteiger partial charge on any atom is -0.492 e. The number of carbonyl (C=O) groups is 2.